The molecule has 2 aliphatic heterocycles. The molecule has 1 unspecified atom stereocenters. The number of likely N-dealkylation sites (tertiary alicyclic amines) is 1. The Morgan fingerprint density at radius 3 is 2.24 bits per heavy atom. The number of methoxy groups -OCH3 is 1. The fourth-order valence-corrected chi connectivity index (χ4v) is 4.90. The van der Waals surface area contributed by atoms with Gasteiger partial charge in [-0.25, -0.2) is 9.69 Å². The summed E-state index contributed by atoms with van der Waals surface area (Å²) in [6.45, 7) is 3.94. The zero-order valence-electron chi connectivity index (χ0n) is 19.5. The van der Waals surface area contributed by atoms with Crippen molar-refractivity contribution in [2.45, 2.75) is 44.8 Å². The Labute approximate surface area is 199 Å². The topological polar surface area (TPSA) is 87.2 Å². The maximum atomic E-state index is 13.3. The lowest BCUT2D eigenvalue weighted by Crippen LogP contribution is -2.53. The van der Waals surface area contributed by atoms with Crippen LogP contribution in [0.2, 0.25) is 0 Å². The highest BCUT2D eigenvalue weighted by Crippen LogP contribution is 2.30. The average Bonchev–Trinajstić information content (AvgIpc) is 3.13. The Morgan fingerprint density at radius 2 is 1.65 bits per heavy atom. The molecule has 2 saturated heterocycles. The first-order chi connectivity index (χ1) is 16.4. The lowest BCUT2D eigenvalue weighted by atomic mass is 9.99. The molecule has 0 bridgehead atoms. The summed E-state index contributed by atoms with van der Waals surface area (Å²) in [5.74, 6) is -1.45. The first kappa shape index (κ1) is 23.6. The molecule has 1 atom stereocenters. The SMILES string of the molecule is COC(=O)c1ccc(N2C(=O)CC(N(C(C)=O)C3CCN(Cc4ccccc4)CC3)C2=O)cc1. The largest absolute Gasteiger partial charge is 0.465 e. The summed E-state index contributed by atoms with van der Waals surface area (Å²) in [5.41, 5.74) is 1.95. The van der Waals surface area contributed by atoms with Crippen molar-refractivity contribution in [3.8, 4) is 0 Å². The van der Waals surface area contributed by atoms with Gasteiger partial charge in [0.05, 0.1) is 24.8 Å². The fraction of sp³-hybridized carbons (Fsp3) is 0.385. The van der Waals surface area contributed by atoms with Gasteiger partial charge in [0, 0.05) is 32.6 Å². The van der Waals surface area contributed by atoms with Crippen molar-refractivity contribution in [2.75, 3.05) is 25.1 Å². The first-order valence-electron chi connectivity index (χ1n) is 11.5. The normalized spacial score (nSPS) is 19.4. The van der Waals surface area contributed by atoms with E-state index in [1.165, 1.54) is 31.7 Å². The van der Waals surface area contributed by atoms with Gasteiger partial charge in [-0.1, -0.05) is 30.3 Å². The van der Waals surface area contributed by atoms with Crippen molar-refractivity contribution in [3.63, 3.8) is 0 Å². The quantitative estimate of drug-likeness (QED) is 0.484. The van der Waals surface area contributed by atoms with Crippen LogP contribution in [0.15, 0.2) is 54.6 Å². The fourth-order valence-electron chi connectivity index (χ4n) is 4.90. The number of rotatable bonds is 6. The monoisotopic (exact) mass is 463 g/mol. The summed E-state index contributed by atoms with van der Waals surface area (Å²) in [7, 11) is 1.29. The Kier molecular flexibility index (Phi) is 7.07. The van der Waals surface area contributed by atoms with Gasteiger partial charge in [-0.15, -0.1) is 0 Å². The third kappa shape index (κ3) is 4.87. The van der Waals surface area contributed by atoms with E-state index in [1.807, 2.05) is 18.2 Å². The van der Waals surface area contributed by atoms with E-state index in [2.05, 4.69) is 17.0 Å². The predicted octanol–water partition coefficient (Wildman–Crippen LogP) is 2.62. The zero-order chi connectivity index (χ0) is 24.2. The molecule has 0 aromatic heterocycles. The lowest BCUT2D eigenvalue weighted by molar-refractivity contribution is -0.140. The van der Waals surface area contributed by atoms with Crippen LogP contribution < -0.4 is 4.90 Å². The highest BCUT2D eigenvalue weighted by molar-refractivity contribution is 6.23. The third-order valence-electron chi connectivity index (χ3n) is 6.57. The molecule has 2 aromatic rings. The van der Waals surface area contributed by atoms with Gasteiger partial charge < -0.3 is 9.64 Å². The number of hydrogen-bond donors (Lipinski definition) is 0. The summed E-state index contributed by atoms with van der Waals surface area (Å²) in [6.07, 6.45) is 1.46. The molecule has 4 rings (SSSR count). The van der Waals surface area contributed by atoms with E-state index in [1.54, 1.807) is 17.0 Å². The van der Waals surface area contributed by atoms with Crippen molar-refractivity contribution >= 4 is 29.4 Å². The summed E-state index contributed by atoms with van der Waals surface area (Å²) in [5, 5.41) is 0. The maximum absolute atomic E-state index is 13.3. The molecular formula is C26H29N3O5. The standard InChI is InChI=1S/C26H29N3O5/c1-18(30)28(22-12-14-27(15-13-22)17-19-6-4-3-5-7-19)23-16-24(31)29(25(23)32)21-10-8-20(9-11-21)26(33)34-2/h3-11,22-23H,12-17H2,1-2H3. The van der Waals surface area contributed by atoms with Crippen LogP contribution in [0.4, 0.5) is 5.69 Å². The summed E-state index contributed by atoms with van der Waals surface area (Å²) in [4.78, 5) is 55.5. The Balaban J connectivity index is 1.44. The van der Waals surface area contributed by atoms with Crippen LogP contribution >= 0.6 is 0 Å². The molecule has 2 fully saturated rings. The number of carbonyl (C=O) groups excluding carboxylic acids is 4. The summed E-state index contributed by atoms with van der Waals surface area (Å²) < 4.78 is 4.69. The van der Waals surface area contributed by atoms with Crippen molar-refractivity contribution < 1.29 is 23.9 Å². The molecule has 2 aliphatic rings. The van der Waals surface area contributed by atoms with Gasteiger partial charge >= 0.3 is 5.97 Å². The van der Waals surface area contributed by atoms with Gasteiger partial charge in [-0.3, -0.25) is 19.3 Å². The van der Waals surface area contributed by atoms with Gasteiger partial charge in [0.25, 0.3) is 5.91 Å². The third-order valence-corrected chi connectivity index (χ3v) is 6.57. The van der Waals surface area contributed by atoms with Crippen LogP contribution in [-0.4, -0.2) is 65.8 Å². The van der Waals surface area contributed by atoms with Crippen LogP contribution in [0.25, 0.3) is 0 Å². The van der Waals surface area contributed by atoms with E-state index in [4.69, 9.17) is 4.74 Å². The number of nitrogens with zero attached hydrogens (tertiary/aromatic N) is 3. The van der Waals surface area contributed by atoms with E-state index in [0.717, 1.165) is 37.4 Å². The Bertz CT molecular complexity index is 1060. The molecule has 2 heterocycles. The number of anilines is 1. The highest BCUT2D eigenvalue weighted by Gasteiger charge is 2.46. The van der Waals surface area contributed by atoms with E-state index in [-0.39, 0.29) is 24.3 Å². The van der Waals surface area contributed by atoms with Crippen LogP contribution in [0.3, 0.4) is 0 Å². The van der Waals surface area contributed by atoms with Crippen molar-refractivity contribution in [1.29, 1.82) is 0 Å². The molecule has 178 valence electrons. The molecule has 0 aliphatic carbocycles. The number of imide groups is 1. The Morgan fingerprint density at radius 1 is 1.00 bits per heavy atom. The molecule has 8 heteroatoms. The highest BCUT2D eigenvalue weighted by atomic mass is 16.5. The molecule has 0 radical (unpaired) electrons. The van der Waals surface area contributed by atoms with Gasteiger partial charge in [0.2, 0.25) is 11.8 Å². The van der Waals surface area contributed by atoms with Gasteiger partial charge in [-0.2, -0.15) is 0 Å². The number of piperidine rings is 1. The van der Waals surface area contributed by atoms with Crippen molar-refractivity contribution in [2.24, 2.45) is 0 Å². The second kappa shape index (κ2) is 10.2. The number of esters is 1. The molecule has 0 saturated carbocycles. The lowest BCUT2D eigenvalue weighted by Gasteiger charge is -2.40. The number of ether oxygens (including phenoxy) is 1. The number of hydrogen-bond acceptors (Lipinski definition) is 6. The van der Waals surface area contributed by atoms with E-state index < -0.39 is 17.9 Å². The van der Waals surface area contributed by atoms with Crippen LogP contribution in [0.5, 0.6) is 0 Å². The van der Waals surface area contributed by atoms with Crippen molar-refractivity contribution in [3.05, 3.63) is 65.7 Å². The smallest absolute Gasteiger partial charge is 0.337 e. The number of amides is 3. The van der Waals surface area contributed by atoms with E-state index in [0.29, 0.717) is 11.3 Å². The first-order valence-corrected chi connectivity index (χ1v) is 11.5. The van der Waals surface area contributed by atoms with Gasteiger partial charge in [0.1, 0.15) is 6.04 Å². The molecule has 0 N–H and O–H groups in total. The van der Waals surface area contributed by atoms with Gasteiger partial charge in [-0.05, 0) is 42.7 Å². The van der Waals surface area contributed by atoms with Crippen LogP contribution in [-0.2, 0) is 25.7 Å². The Hall–Kier alpha value is -3.52. The van der Waals surface area contributed by atoms with Crippen molar-refractivity contribution in [1.82, 2.24) is 9.80 Å². The van der Waals surface area contributed by atoms with E-state index in [9.17, 15) is 19.2 Å². The average molecular weight is 464 g/mol. The molecule has 3 amide bonds. The molecule has 2 aromatic carbocycles. The van der Waals surface area contributed by atoms with Crippen LogP contribution in [0.1, 0.15) is 42.1 Å². The summed E-state index contributed by atoms with van der Waals surface area (Å²) in [6, 6.07) is 15.5. The molecule has 8 nitrogen and oxygen atoms in total. The minimum absolute atomic E-state index is 0.0403. The zero-order valence-corrected chi connectivity index (χ0v) is 19.5. The maximum Gasteiger partial charge on any atom is 0.337 e. The number of carbonyl (C=O) groups is 4. The van der Waals surface area contributed by atoms with Gasteiger partial charge in [0.15, 0.2) is 0 Å². The summed E-state index contributed by atoms with van der Waals surface area (Å²) >= 11 is 0. The minimum Gasteiger partial charge on any atom is -0.465 e. The van der Waals surface area contributed by atoms with E-state index >= 15 is 0 Å². The molecular weight excluding hydrogens is 434 g/mol. The second-order valence-electron chi connectivity index (χ2n) is 8.74. The molecule has 0 spiro atoms. The second-order valence-corrected chi connectivity index (χ2v) is 8.74. The predicted molar refractivity (Wildman–Crippen MR) is 126 cm³/mol. The van der Waals surface area contributed by atoms with Crippen LogP contribution in [0, 0.1) is 0 Å². The number of benzene rings is 2. The minimum atomic E-state index is -0.809. The molecule has 34 heavy (non-hydrogen) atoms.